The van der Waals surface area contributed by atoms with E-state index in [1.165, 1.54) is 6.07 Å². The third kappa shape index (κ3) is 3.29. The molecule has 1 rings (SSSR count). The first-order chi connectivity index (χ1) is 7.19. The highest BCUT2D eigenvalue weighted by molar-refractivity contribution is 5.26. The maximum Gasteiger partial charge on any atom is 0.126 e. The van der Waals surface area contributed by atoms with Crippen LogP contribution in [-0.2, 0) is 0 Å². The number of benzene rings is 1. The van der Waals surface area contributed by atoms with Crippen LogP contribution in [0.15, 0.2) is 18.2 Å². The Kier molecular flexibility index (Phi) is 4.72. The van der Waals surface area contributed by atoms with E-state index in [0.29, 0.717) is 12.1 Å². The number of nitrogens with two attached hydrogens (primary N) is 1. The molecule has 0 aromatic heterocycles. The molecule has 0 amide bonds. The Labute approximate surface area is 90.7 Å². The van der Waals surface area contributed by atoms with Crippen molar-refractivity contribution in [2.45, 2.75) is 25.8 Å². The molecule has 0 aliphatic heterocycles. The molecule has 0 heterocycles. The van der Waals surface area contributed by atoms with E-state index in [2.05, 4.69) is 5.32 Å². The van der Waals surface area contributed by atoms with Crippen LogP contribution in [0.1, 0.15) is 30.0 Å². The summed E-state index contributed by atoms with van der Waals surface area (Å²) in [4.78, 5) is 0. The lowest BCUT2D eigenvalue weighted by atomic mass is 10.00. The quantitative estimate of drug-likeness (QED) is 0.781. The van der Waals surface area contributed by atoms with Gasteiger partial charge in [-0.1, -0.05) is 12.1 Å². The molecule has 0 bridgehead atoms. The normalized spacial score (nSPS) is 12.8. The Morgan fingerprint density at radius 2 is 2.20 bits per heavy atom. The fourth-order valence-corrected chi connectivity index (χ4v) is 1.68. The van der Waals surface area contributed by atoms with Gasteiger partial charge in [-0.2, -0.15) is 0 Å². The number of rotatable bonds is 5. The van der Waals surface area contributed by atoms with Gasteiger partial charge in [0, 0.05) is 6.04 Å². The second-order valence-electron chi connectivity index (χ2n) is 3.78. The van der Waals surface area contributed by atoms with Crippen LogP contribution >= 0.6 is 0 Å². The van der Waals surface area contributed by atoms with Crippen molar-refractivity contribution in [3.63, 3.8) is 0 Å². The molecule has 2 nitrogen and oxygen atoms in total. The smallest absolute Gasteiger partial charge is 0.126 e. The van der Waals surface area contributed by atoms with Gasteiger partial charge in [0.15, 0.2) is 0 Å². The van der Waals surface area contributed by atoms with Crippen molar-refractivity contribution in [2.75, 3.05) is 13.6 Å². The molecule has 0 saturated carbocycles. The standard InChI is InChI=1S/C12H19FN2/c1-9-8-10(5-6-11(9)13)12(15-2)4-3-7-14/h5-6,8,12,15H,3-4,7,14H2,1-2H3. The Balaban J connectivity index is 2.78. The molecule has 0 aliphatic carbocycles. The van der Waals surface area contributed by atoms with Gasteiger partial charge in [-0.3, -0.25) is 0 Å². The summed E-state index contributed by atoms with van der Waals surface area (Å²) in [5.41, 5.74) is 7.30. The van der Waals surface area contributed by atoms with Crippen molar-refractivity contribution in [1.82, 2.24) is 5.32 Å². The fraction of sp³-hybridized carbons (Fsp3) is 0.500. The number of hydrogen-bond acceptors (Lipinski definition) is 2. The van der Waals surface area contributed by atoms with Crippen molar-refractivity contribution >= 4 is 0 Å². The third-order valence-electron chi connectivity index (χ3n) is 2.63. The van der Waals surface area contributed by atoms with E-state index >= 15 is 0 Å². The minimum atomic E-state index is -0.146. The average molecular weight is 210 g/mol. The zero-order valence-electron chi connectivity index (χ0n) is 9.39. The van der Waals surface area contributed by atoms with Gasteiger partial charge in [-0.25, -0.2) is 4.39 Å². The average Bonchev–Trinajstić information content (AvgIpc) is 2.24. The molecule has 0 spiro atoms. The SMILES string of the molecule is CNC(CCCN)c1ccc(F)c(C)c1. The highest BCUT2D eigenvalue weighted by Crippen LogP contribution is 2.20. The van der Waals surface area contributed by atoms with Gasteiger partial charge in [0.1, 0.15) is 5.82 Å². The first-order valence-corrected chi connectivity index (χ1v) is 5.32. The molecule has 1 aromatic carbocycles. The molecule has 0 radical (unpaired) electrons. The Morgan fingerprint density at radius 1 is 1.47 bits per heavy atom. The van der Waals surface area contributed by atoms with E-state index in [1.807, 2.05) is 19.2 Å². The summed E-state index contributed by atoms with van der Waals surface area (Å²) in [6.45, 7) is 2.48. The summed E-state index contributed by atoms with van der Waals surface area (Å²) in [5, 5.41) is 3.22. The van der Waals surface area contributed by atoms with Crippen LogP contribution in [0.2, 0.25) is 0 Å². The summed E-state index contributed by atoms with van der Waals surface area (Å²) in [5.74, 6) is -0.146. The molecule has 3 heteroatoms. The van der Waals surface area contributed by atoms with E-state index in [9.17, 15) is 4.39 Å². The van der Waals surface area contributed by atoms with E-state index in [1.54, 1.807) is 6.92 Å². The van der Waals surface area contributed by atoms with Gasteiger partial charge < -0.3 is 11.1 Å². The maximum atomic E-state index is 13.1. The van der Waals surface area contributed by atoms with Gasteiger partial charge in [0.25, 0.3) is 0 Å². The van der Waals surface area contributed by atoms with Crippen LogP contribution in [-0.4, -0.2) is 13.6 Å². The zero-order chi connectivity index (χ0) is 11.3. The molecular weight excluding hydrogens is 191 g/mol. The summed E-state index contributed by atoms with van der Waals surface area (Å²) in [6.07, 6.45) is 1.96. The molecule has 3 N–H and O–H groups in total. The first-order valence-electron chi connectivity index (χ1n) is 5.32. The Morgan fingerprint density at radius 3 is 2.73 bits per heavy atom. The Bertz CT molecular complexity index is 312. The second kappa shape index (κ2) is 5.83. The van der Waals surface area contributed by atoms with Gasteiger partial charge in [0.05, 0.1) is 0 Å². The highest BCUT2D eigenvalue weighted by Gasteiger charge is 2.09. The van der Waals surface area contributed by atoms with Crippen LogP contribution in [0.3, 0.4) is 0 Å². The lowest BCUT2D eigenvalue weighted by Gasteiger charge is -2.16. The lowest BCUT2D eigenvalue weighted by molar-refractivity contribution is 0.528. The number of halogens is 1. The van der Waals surface area contributed by atoms with Gasteiger partial charge in [-0.05, 0) is 50.6 Å². The van der Waals surface area contributed by atoms with E-state index in [4.69, 9.17) is 5.73 Å². The third-order valence-corrected chi connectivity index (χ3v) is 2.63. The predicted molar refractivity (Wildman–Crippen MR) is 61.2 cm³/mol. The Hall–Kier alpha value is -0.930. The van der Waals surface area contributed by atoms with Crippen LogP contribution in [0.25, 0.3) is 0 Å². The summed E-state index contributed by atoms with van der Waals surface area (Å²) in [6, 6.07) is 5.53. The van der Waals surface area contributed by atoms with Crippen molar-refractivity contribution in [2.24, 2.45) is 5.73 Å². The summed E-state index contributed by atoms with van der Waals surface area (Å²) < 4.78 is 13.1. The molecule has 0 saturated heterocycles. The molecule has 1 aromatic rings. The molecule has 15 heavy (non-hydrogen) atoms. The summed E-state index contributed by atoms with van der Waals surface area (Å²) in [7, 11) is 1.92. The van der Waals surface area contributed by atoms with Gasteiger partial charge >= 0.3 is 0 Å². The van der Waals surface area contributed by atoms with Crippen molar-refractivity contribution < 1.29 is 4.39 Å². The molecule has 1 atom stereocenters. The monoisotopic (exact) mass is 210 g/mol. The maximum absolute atomic E-state index is 13.1. The number of nitrogens with one attached hydrogen (secondary N) is 1. The van der Waals surface area contributed by atoms with Gasteiger partial charge in [0.2, 0.25) is 0 Å². The van der Waals surface area contributed by atoms with E-state index in [0.717, 1.165) is 18.4 Å². The first kappa shape index (κ1) is 12.1. The van der Waals surface area contributed by atoms with Crippen molar-refractivity contribution in [3.05, 3.63) is 35.1 Å². The lowest BCUT2D eigenvalue weighted by Crippen LogP contribution is -2.17. The van der Waals surface area contributed by atoms with Gasteiger partial charge in [-0.15, -0.1) is 0 Å². The molecule has 0 fully saturated rings. The topological polar surface area (TPSA) is 38.0 Å². The van der Waals surface area contributed by atoms with E-state index in [-0.39, 0.29) is 11.9 Å². The minimum absolute atomic E-state index is 0.146. The summed E-state index contributed by atoms with van der Waals surface area (Å²) >= 11 is 0. The van der Waals surface area contributed by atoms with Crippen molar-refractivity contribution in [1.29, 1.82) is 0 Å². The number of aryl methyl sites for hydroxylation is 1. The minimum Gasteiger partial charge on any atom is -0.330 e. The van der Waals surface area contributed by atoms with Crippen LogP contribution < -0.4 is 11.1 Å². The molecule has 1 unspecified atom stereocenters. The largest absolute Gasteiger partial charge is 0.330 e. The zero-order valence-corrected chi connectivity index (χ0v) is 9.39. The van der Waals surface area contributed by atoms with Crippen molar-refractivity contribution in [3.8, 4) is 0 Å². The van der Waals surface area contributed by atoms with Crippen LogP contribution in [0, 0.1) is 12.7 Å². The molecule has 84 valence electrons. The molecule has 0 aliphatic rings. The van der Waals surface area contributed by atoms with Crippen LogP contribution in [0.5, 0.6) is 0 Å². The van der Waals surface area contributed by atoms with E-state index < -0.39 is 0 Å². The highest BCUT2D eigenvalue weighted by atomic mass is 19.1. The second-order valence-corrected chi connectivity index (χ2v) is 3.78. The number of hydrogen-bond donors (Lipinski definition) is 2. The fourth-order valence-electron chi connectivity index (χ4n) is 1.68. The predicted octanol–water partition coefficient (Wildman–Crippen LogP) is 2.13. The van der Waals surface area contributed by atoms with Crippen LogP contribution in [0.4, 0.5) is 4.39 Å². The molecular formula is C12H19FN2.